The molecule has 1 N–H and O–H groups in total. The molecular weight excluding hydrogens is 288 g/mol. The average Bonchev–Trinajstić information content (AvgIpc) is 2.62. The van der Waals surface area contributed by atoms with Gasteiger partial charge in [-0.3, -0.25) is 4.98 Å². The normalized spacial score (nSPS) is 16.9. The largest absolute Gasteiger partial charge is 0.490 e. The fourth-order valence-electron chi connectivity index (χ4n) is 3.04. The molecule has 122 valence electrons. The Morgan fingerprint density at radius 1 is 1.04 bits per heavy atom. The van der Waals surface area contributed by atoms with E-state index >= 15 is 0 Å². The summed E-state index contributed by atoms with van der Waals surface area (Å²) in [7, 11) is 0. The second kappa shape index (κ2) is 8.09. The molecule has 0 saturated carbocycles. The molecule has 2 heterocycles. The number of ether oxygens (including phenoxy) is 1. The number of hydrogen-bond acceptors (Lipinski definition) is 4. The van der Waals surface area contributed by atoms with Crippen LogP contribution in [0.4, 0.5) is 0 Å². The van der Waals surface area contributed by atoms with Crippen LogP contribution in [-0.2, 0) is 0 Å². The third-order valence-corrected chi connectivity index (χ3v) is 4.23. The van der Waals surface area contributed by atoms with Crippen LogP contribution < -0.4 is 4.74 Å². The Morgan fingerprint density at radius 2 is 1.78 bits per heavy atom. The van der Waals surface area contributed by atoms with Gasteiger partial charge in [-0.15, -0.1) is 0 Å². The van der Waals surface area contributed by atoms with Crippen LogP contribution in [0.15, 0.2) is 48.8 Å². The molecule has 2 aromatic rings. The van der Waals surface area contributed by atoms with Crippen LogP contribution >= 0.6 is 0 Å². The van der Waals surface area contributed by atoms with E-state index in [0.717, 1.165) is 30.0 Å². The van der Waals surface area contributed by atoms with E-state index in [1.807, 2.05) is 36.4 Å². The summed E-state index contributed by atoms with van der Waals surface area (Å²) >= 11 is 0. The second-order valence-corrected chi connectivity index (χ2v) is 6.06. The highest BCUT2D eigenvalue weighted by Crippen LogP contribution is 2.29. The molecule has 4 heteroatoms. The highest BCUT2D eigenvalue weighted by atomic mass is 16.5. The lowest BCUT2D eigenvalue weighted by molar-refractivity contribution is 0.0619. The molecule has 1 aliphatic heterocycles. The quantitative estimate of drug-likeness (QED) is 0.891. The van der Waals surface area contributed by atoms with Gasteiger partial charge in [0.25, 0.3) is 0 Å². The topological polar surface area (TPSA) is 45.6 Å². The molecule has 4 nitrogen and oxygen atoms in total. The third kappa shape index (κ3) is 4.53. The van der Waals surface area contributed by atoms with Crippen molar-refractivity contribution in [2.24, 2.45) is 0 Å². The SMILES string of the molecule is O[C@H](COc1ccccc1-c1ccncc1)CN1CCCCC1. The van der Waals surface area contributed by atoms with Crippen LogP contribution in [0.5, 0.6) is 5.75 Å². The van der Waals surface area contributed by atoms with Crippen molar-refractivity contribution in [3.05, 3.63) is 48.8 Å². The van der Waals surface area contributed by atoms with E-state index in [1.165, 1.54) is 19.3 Å². The number of pyridine rings is 1. The summed E-state index contributed by atoms with van der Waals surface area (Å²) in [6, 6.07) is 11.9. The smallest absolute Gasteiger partial charge is 0.127 e. The van der Waals surface area contributed by atoms with Crippen LogP contribution in [0.3, 0.4) is 0 Å². The lowest BCUT2D eigenvalue weighted by Gasteiger charge is -2.28. The summed E-state index contributed by atoms with van der Waals surface area (Å²) in [6.07, 6.45) is 6.87. The molecule has 0 aliphatic carbocycles. The number of aromatic nitrogens is 1. The monoisotopic (exact) mass is 312 g/mol. The fourth-order valence-corrected chi connectivity index (χ4v) is 3.04. The zero-order valence-electron chi connectivity index (χ0n) is 13.4. The van der Waals surface area contributed by atoms with Crippen LogP contribution in [-0.4, -0.2) is 47.3 Å². The minimum Gasteiger partial charge on any atom is -0.490 e. The second-order valence-electron chi connectivity index (χ2n) is 6.06. The molecule has 1 atom stereocenters. The number of piperidine rings is 1. The number of hydrogen-bond donors (Lipinski definition) is 1. The molecule has 1 aromatic heterocycles. The number of nitrogens with zero attached hydrogens (tertiary/aromatic N) is 2. The van der Waals surface area contributed by atoms with Crippen LogP contribution in [0.2, 0.25) is 0 Å². The van der Waals surface area contributed by atoms with E-state index in [0.29, 0.717) is 13.2 Å². The Kier molecular flexibility index (Phi) is 5.61. The number of likely N-dealkylation sites (tertiary alicyclic amines) is 1. The lowest BCUT2D eigenvalue weighted by Crippen LogP contribution is -2.38. The van der Waals surface area contributed by atoms with Gasteiger partial charge in [-0.05, 0) is 49.7 Å². The number of aliphatic hydroxyl groups excluding tert-OH is 1. The van der Waals surface area contributed by atoms with Crippen molar-refractivity contribution >= 4 is 0 Å². The average molecular weight is 312 g/mol. The standard InChI is InChI=1S/C19H24N2O2/c22-17(14-21-12-4-1-5-13-21)15-23-19-7-3-2-6-18(19)16-8-10-20-11-9-16/h2-3,6-11,17,22H,1,4-5,12-15H2/t17-/m0/s1. The number of benzene rings is 1. The summed E-state index contributed by atoms with van der Waals surface area (Å²) in [5, 5.41) is 10.2. The Balaban J connectivity index is 1.60. The zero-order chi connectivity index (χ0) is 15.9. The first-order valence-electron chi connectivity index (χ1n) is 8.35. The van der Waals surface area contributed by atoms with Gasteiger partial charge in [-0.25, -0.2) is 0 Å². The van der Waals surface area contributed by atoms with Crippen molar-refractivity contribution in [3.8, 4) is 16.9 Å². The minimum absolute atomic E-state index is 0.318. The molecule has 1 saturated heterocycles. The maximum atomic E-state index is 10.2. The van der Waals surface area contributed by atoms with Crippen LogP contribution in [0, 0.1) is 0 Å². The number of para-hydroxylation sites is 1. The predicted molar refractivity (Wildman–Crippen MR) is 91.5 cm³/mol. The van der Waals surface area contributed by atoms with E-state index in [2.05, 4.69) is 9.88 Å². The molecule has 0 spiro atoms. The molecule has 1 aliphatic rings. The molecular formula is C19H24N2O2. The summed E-state index contributed by atoms with van der Waals surface area (Å²) in [5.74, 6) is 0.802. The van der Waals surface area contributed by atoms with E-state index in [9.17, 15) is 5.11 Å². The number of aliphatic hydroxyl groups is 1. The number of β-amino-alcohol motifs (C(OH)–C–C–N with tert-alkyl or cyclic N) is 1. The van der Waals surface area contributed by atoms with Gasteiger partial charge in [0.05, 0.1) is 0 Å². The van der Waals surface area contributed by atoms with Crippen molar-refractivity contribution in [2.45, 2.75) is 25.4 Å². The van der Waals surface area contributed by atoms with Crippen molar-refractivity contribution < 1.29 is 9.84 Å². The van der Waals surface area contributed by atoms with Crippen LogP contribution in [0.25, 0.3) is 11.1 Å². The summed E-state index contributed by atoms with van der Waals surface area (Å²) < 4.78 is 5.90. The molecule has 1 fully saturated rings. The first-order valence-corrected chi connectivity index (χ1v) is 8.35. The fraction of sp³-hybridized carbons (Fsp3) is 0.421. The maximum Gasteiger partial charge on any atom is 0.127 e. The first-order chi connectivity index (χ1) is 11.3. The van der Waals surface area contributed by atoms with Gasteiger partial charge in [-0.1, -0.05) is 24.6 Å². The highest BCUT2D eigenvalue weighted by molar-refractivity contribution is 5.69. The summed E-state index contributed by atoms with van der Waals surface area (Å²) in [5.41, 5.74) is 2.10. The van der Waals surface area contributed by atoms with Gasteiger partial charge in [0.1, 0.15) is 18.5 Å². The maximum absolute atomic E-state index is 10.2. The Labute approximate surface area is 137 Å². The van der Waals surface area contributed by atoms with Gasteiger partial charge >= 0.3 is 0 Å². The Bertz CT molecular complexity index is 597. The van der Waals surface area contributed by atoms with Crippen molar-refractivity contribution in [1.29, 1.82) is 0 Å². The molecule has 23 heavy (non-hydrogen) atoms. The van der Waals surface area contributed by atoms with Crippen molar-refractivity contribution in [1.82, 2.24) is 9.88 Å². The minimum atomic E-state index is -0.460. The highest BCUT2D eigenvalue weighted by Gasteiger charge is 2.15. The predicted octanol–water partition coefficient (Wildman–Crippen LogP) is 2.97. The van der Waals surface area contributed by atoms with Crippen molar-refractivity contribution in [3.63, 3.8) is 0 Å². The van der Waals surface area contributed by atoms with E-state index < -0.39 is 6.10 Å². The third-order valence-electron chi connectivity index (χ3n) is 4.23. The molecule has 3 rings (SSSR count). The zero-order valence-corrected chi connectivity index (χ0v) is 13.4. The van der Waals surface area contributed by atoms with E-state index in [-0.39, 0.29) is 0 Å². The molecule has 0 bridgehead atoms. The first kappa shape index (κ1) is 16.0. The van der Waals surface area contributed by atoms with E-state index in [1.54, 1.807) is 12.4 Å². The Hall–Kier alpha value is -1.91. The van der Waals surface area contributed by atoms with Crippen LogP contribution in [0.1, 0.15) is 19.3 Å². The lowest BCUT2D eigenvalue weighted by atomic mass is 10.1. The van der Waals surface area contributed by atoms with E-state index in [4.69, 9.17) is 4.74 Å². The molecule has 0 unspecified atom stereocenters. The molecule has 0 radical (unpaired) electrons. The Morgan fingerprint density at radius 3 is 2.57 bits per heavy atom. The molecule has 0 amide bonds. The van der Waals surface area contributed by atoms with Crippen molar-refractivity contribution in [2.75, 3.05) is 26.2 Å². The summed E-state index contributed by atoms with van der Waals surface area (Å²) in [6.45, 7) is 3.19. The van der Waals surface area contributed by atoms with Gasteiger partial charge in [0.15, 0.2) is 0 Å². The molecule has 1 aromatic carbocycles. The number of rotatable bonds is 6. The summed E-state index contributed by atoms with van der Waals surface area (Å²) in [4.78, 5) is 6.38. The van der Waals surface area contributed by atoms with Gasteiger partial charge in [-0.2, -0.15) is 0 Å². The van der Waals surface area contributed by atoms with Gasteiger partial charge in [0, 0.05) is 24.5 Å². The van der Waals surface area contributed by atoms with Gasteiger partial charge in [0.2, 0.25) is 0 Å². The van der Waals surface area contributed by atoms with Gasteiger partial charge < -0.3 is 14.7 Å².